The van der Waals surface area contributed by atoms with Crippen molar-refractivity contribution in [3.8, 4) is 0 Å². The predicted octanol–water partition coefficient (Wildman–Crippen LogP) is 3.50. The first-order chi connectivity index (χ1) is 9.82. The minimum atomic E-state index is -1.96. The molecule has 0 saturated heterocycles. The van der Waals surface area contributed by atoms with Crippen molar-refractivity contribution < 1.29 is 0 Å². The second-order valence-electron chi connectivity index (χ2n) is 4.91. The van der Waals surface area contributed by atoms with Crippen LogP contribution in [-0.4, -0.2) is 0 Å². The SMILES string of the molecule is P[PH](c1ccccc1)(c1ccccc1)c1ccccc1. The van der Waals surface area contributed by atoms with Crippen molar-refractivity contribution in [2.24, 2.45) is 0 Å². The van der Waals surface area contributed by atoms with Gasteiger partial charge in [0.2, 0.25) is 0 Å². The molecule has 0 bridgehead atoms. The van der Waals surface area contributed by atoms with Crippen molar-refractivity contribution in [3.63, 3.8) is 0 Å². The Hall–Kier alpha value is -1.48. The molecule has 100 valence electrons. The van der Waals surface area contributed by atoms with Crippen LogP contribution in [0.5, 0.6) is 0 Å². The van der Waals surface area contributed by atoms with Crippen LogP contribution >= 0.6 is 15.9 Å². The van der Waals surface area contributed by atoms with E-state index in [9.17, 15) is 0 Å². The number of rotatable bonds is 3. The van der Waals surface area contributed by atoms with Crippen molar-refractivity contribution >= 4 is 31.8 Å². The topological polar surface area (TPSA) is 0 Å². The Morgan fingerprint density at radius 2 is 0.700 bits per heavy atom. The molecule has 3 aromatic carbocycles. The zero-order valence-corrected chi connectivity index (χ0v) is 13.4. The van der Waals surface area contributed by atoms with Crippen molar-refractivity contribution in [2.45, 2.75) is 0 Å². The fraction of sp³-hybridized carbons (Fsp3) is 0. The minimum absolute atomic E-state index is 1.42. The number of hydrogen-bond donors (Lipinski definition) is 0. The Balaban J connectivity index is 2.24. The van der Waals surface area contributed by atoms with Gasteiger partial charge in [0, 0.05) is 0 Å². The third-order valence-electron chi connectivity index (χ3n) is 3.69. The predicted molar refractivity (Wildman–Crippen MR) is 96.3 cm³/mol. The summed E-state index contributed by atoms with van der Waals surface area (Å²) in [6, 6.07) is 32.5. The molecule has 0 aliphatic heterocycles. The van der Waals surface area contributed by atoms with Crippen LogP contribution in [0.2, 0.25) is 0 Å². The Morgan fingerprint density at radius 3 is 0.950 bits per heavy atom. The molecule has 3 aromatic rings. The van der Waals surface area contributed by atoms with Gasteiger partial charge in [0.05, 0.1) is 0 Å². The van der Waals surface area contributed by atoms with Gasteiger partial charge in [0.1, 0.15) is 0 Å². The molecule has 0 saturated carbocycles. The van der Waals surface area contributed by atoms with Crippen LogP contribution in [0.4, 0.5) is 0 Å². The van der Waals surface area contributed by atoms with E-state index in [-0.39, 0.29) is 0 Å². The Bertz CT molecular complexity index is 567. The number of hydrogen-bond acceptors (Lipinski definition) is 0. The third kappa shape index (κ3) is 2.42. The van der Waals surface area contributed by atoms with Gasteiger partial charge >= 0.3 is 123 Å². The van der Waals surface area contributed by atoms with Gasteiger partial charge in [-0.15, -0.1) is 0 Å². The molecular formula is C18H18P2. The van der Waals surface area contributed by atoms with Gasteiger partial charge in [-0.25, -0.2) is 0 Å². The summed E-state index contributed by atoms with van der Waals surface area (Å²) < 4.78 is 0. The van der Waals surface area contributed by atoms with Crippen LogP contribution in [-0.2, 0) is 0 Å². The van der Waals surface area contributed by atoms with Crippen LogP contribution in [0.15, 0.2) is 91.0 Å². The van der Waals surface area contributed by atoms with Crippen LogP contribution in [0.1, 0.15) is 0 Å². The fourth-order valence-corrected chi connectivity index (χ4v) is 7.49. The van der Waals surface area contributed by atoms with Crippen LogP contribution in [0.3, 0.4) is 0 Å². The first-order valence-electron chi connectivity index (χ1n) is 6.77. The summed E-state index contributed by atoms with van der Waals surface area (Å²) in [6.07, 6.45) is 0. The molecule has 0 N–H and O–H groups in total. The molecule has 1 unspecified atom stereocenters. The van der Waals surface area contributed by atoms with E-state index in [0.29, 0.717) is 0 Å². The molecule has 0 nitrogen and oxygen atoms in total. The molecule has 0 aliphatic carbocycles. The quantitative estimate of drug-likeness (QED) is 0.649. The third-order valence-corrected chi connectivity index (χ3v) is 10.4. The monoisotopic (exact) mass is 296 g/mol. The molecule has 0 aromatic heterocycles. The van der Waals surface area contributed by atoms with E-state index in [4.69, 9.17) is 0 Å². The first-order valence-corrected chi connectivity index (χ1v) is 10.6. The number of benzene rings is 3. The van der Waals surface area contributed by atoms with Gasteiger partial charge in [-0.1, -0.05) is 0 Å². The summed E-state index contributed by atoms with van der Waals surface area (Å²) in [4.78, 5) is 0. The molecule has 20 heavy (non-hydrogen) atoms. The molecule has 0 amide bonds. The molecule has 0 fully saturated rings. The zero-order valence-electron chi connectivity index (χ0n) is 11.2. The molecule has 0 spiro atoms. The zero-order chi connectivity index (χ0) is 13.8. The van der Waals surface area contributed by atoms with Gasteiger partial charge in [-0.05, 0) is 0 Å². The summed E-state index contributed by atoms with van der Waals surface area (Å²) in [5, 5.41) is 4.26. The summed E-state index contributed by atoms with van der Waals surface area (Å²) in [5.74, 6) is 0. The molecule has 0 heterocycles. The van der Waals surface area contributed by atoms with Crippen molar-refractivity contribution in [2.75, 3.05) is 0 Å². The average Bonchev–Trinajstić information content (AvgIpc) is 2.56. The fourth-order valence-electron chi connectivity index (χ4n) is 2.60. The maximum absolute atomic E-state index is 3.20. The Morgan fingerprint density at radius 1 is 0.450 bits per heavy atom. The summed E-state index contributed by atoms with van der Waals surface area (Å²) in [7, 11) is 3.20. The molecule has 0 radical (unpaired) electrons. The van der Waals surface area contributed by atoms with E-state index < -0.39 is 6.95 Å². The van der Waals surface area contributed by atoms with Crippen molar-refractivity contribution in [1.82, 2.24) is 0 Å². The van der Waals surface area contributed by atoms with Crippen molar-refractivity contribution in [1.29, 1.82) is 0 Å². The summed E-state index contributed by atoms with van der Waals surface area (Å²) >= 11 is 0. The van der Waals surface area contributed by atoms with Gasteiger partial charge in [0.25, 0.3) is 0 Å². The van der Waals surface area contributed by atoms with Gasteiger partial charge in [-0.2, -0.15) is 0 Å². The van der Waals surface area contributed by atoms with E-state index >= 15 is 0 Å². The van der Waals surface area contributed by atoms with Gasteiger partial charge in [0.15, 0.2) is 0 Å². The summed E-state index contributed by atoms with van der Waals surface area (Å²) in [5.41, 5.74) is 0. The van der Waals surface area contributed by atoms with E-state index in [0.717, 1.165) is 0 Å². The second kappa shape index (κ2) is 5.88. The first kappa shape index (κ1) is 13.5. The normalized spacial score (nSPS) is 12.1. The van der Waals surface area contributed by atoms with Crippen LogP contribution in [0, 0.1) is 0 Å². The molecule has 1 atom stereocenters. The molecule has 2 heteroatoms. The molecular weight excluding hydrogens is 278 g/mol. The maximum atomic E-state index is 3.20. The molecule has 3 rings (SSSR count). The van der Waals surface area contributed by atoms with Gasteiger partial charge < -0.3 is 0 Å². The Kier molecular flexibility index (Phi) is 3.97. The summed E-state index contributed by atoms with van der Waals surface area (Å²) in [6.45, 7) is -1.96. The second-order valence-corrected chi connectivity index (χ2v) is 10.9. The van der Waals surface area contributed by atoms with Gasteiger partial charge in [-0.3, -0.25) is 0 Å². The van der Waals surface area contributed by atoms with Crippen LogP contribution in [0.25, 0.3) is 0 Å². The van der Waals surface area contributed by atoms with E-state index in [1.165, 1.54) is 15.9 Å². The average molecular weight is 296 g/mol. The van der Waals surface area contributed by atoms with E-state index in [1.54, 1.807) is 0 Å². The van der Waals surface area contributed by atoms with Crippen LogP contribution < -0.4 is 15.9 Å². The molecule has 0 aliphatic rings. The van der Waals surface area contributed by atoms with E-state index in [2.05, 4.69) is 99.9 Å². The van der Waals surface area contributed by atoms with Crippen molar-refractivity contribution in [3.05, 3.63) is 91.0 Å². The van der Waals surface area contributed by atoms with E-state index in [1.807, 2.05) is 0 Å². The standard InChI is InChI=1S/C18H18P2/c19-20(16-10-4-1-5-11-16,17-12-6-2-7-13-17)18-14-8-3-9-15-18/h1-15,20H,19H2. The Labute approximate surface area is 123 Å².